The predicted octanol–water partition coefficient (Wildman–Crippen LogP) is 3.03. The minimum atomic E-state index is -0.818. The van der Waals surface area contributed by atoms with Gasteiger partial charge in [0.1, 0.15) is 31.1 Å². The number of nitrogens with zero attached hydrogens (tertiary/aromatic N) is 2. The van der Waals surface area contributed by atoms with Gasteiger partial charge < -0.3 is 15.5 Å². The molecule has 3 N–H and O–H groups in total. The van der Waals surface area contributed by atoms with Crippen molar-refractivity contribution in [3.05, 3.63) is 83.1 Å². The summed E-state index contributed by atoms with van der Waals surface area (Å²) in [6.07, 6.45) is 1.35. The second-order valence-corrected chi connectivity index (χ2v) is 8.94. The number of anilines is 2. The van der Waals surface area contributed by atoms with Crippen molar-refractivity contribution >= 4 is 54.2 Å². The number of benzene rings is 2. The molecule has 2 radical (unpaired) electrons. The van der Waals surface area contributed by atoms with E-state index in [2.05, 4.69) is 15.6 Å². The van der Waals surface area contributed by atoms with Gasteiger partial charge in [0.25, 0.3) is 11.8 Å². The lowest BCUT2D eigenvalue weighted by atomic mass is 9.99. The number of halogens is 2. The first-order valence-electron chi connectivity index (χ1n) is 10.7. The van der Waals surface area contributed by atoms with Crippen LogP contribution in [-0.4, -0.2) is 60.0 Å². The van der Waals surface area contributed by atoms with E-state index in [1.54, 1.807) is 11.8 Å². The third-order valence-electron chi connectivity index (χ3n) is 5.32. The van der Waals surface area contributed by atoms with E-state index in [9.17, 15) is 18.4 Å². The molecule has 7 nitrogen and oxygen atoms in total. The van der Waals surface area contributed by atoms with E-state index in [1.165, 1.54) is 36.5 Å². The predicted molar refractivity (Wildman–Crippen MR) is 134 cm³/mol. The van der Waals surface area contributed by atoms with Gasteiger partial charge in [0.05, 0.1) is 16.8 Å². The number of amides is 2. The first-order valence-corrected chi connectivity index (χ1v) is 11.8. The van der Waals surface area contributed by atoms with E-state index < -0.39 is 23.4 Å². The fourth-order valence-electron chi connectivity index (χ4n) is 3.48. The lowest BCUT2D eigenvalue weighted by Crippen LogP contribution is -2.38. The number of hydrogen-bond acceptors (Lipinski definition) is 5. The zero-order valence-corrected chi connectivity index (χ0v) is 19.3. The molecule has 0 atom stereocenters. The van der Waals surface area contributed by atoms with Gasteiger partial charge in [-0.1, -0.05) is 17.6 Å². The summed E-state index contributed by atoms with van der Waals surface area (Å²) in [7, 11) is 5.58. The minimum absolute atomic E-state index is 0.00798. The normalized spacial score (nSPS) is 13.3. The summed E-state index contributed by atoms with van der Waals surface area (Å²) in [5.41, 5.74) is 0.320. The summed E-state index contributed by atoms with van der Waals surface area (Å²) < 4.78 is 28.7. The molecule has 11 heteroatoms. The number of aromatic nitrogens is 1. The molecule has 176 valence electrons. The Labute approximate surface area is 206 Å². The molecule has 0 spiro atoms. The maximum atomic E-state index is 14.8. The SMILES string of the molecule is [B]c1ccc(NC(=O)c2cc(F)ccc2NC(=O)c2ccc(C(=N)N3CCSCC3)cc2F)nc1. The largest absolute Gasteiger partial charge is 0.355 e. The Hall–Kier alpha value is -3.73. The Morgan fingerprint density at radius 1 is 0.971 bits per heavy atom. The maximum absolute atomic E-state index is 14.8. The van der Waals surface area contributed by atoms with E-state index in [-0.39, 0.29) is 28.5 Å². The van der Waals surface area contributed by atoms with Crippen molar-refractivity contribution in [3.8, 4) is 0 Å². The van der Waals surface area contributed by atoms with Crippen LogP contribution in [0.15, 0.2) is 54.7 Å². The highest BCUT2D eigenvalue weighted by atomic mass is 32.2. The van der Waals surface area contributed by atoms with Crippen LogP contribution in [0.2, 0.25) is 0 Å². The molecule has 2 aromatic carbocycles. The van der Waals surface area contributed by atoms with Crippen LogP contribution in [0.4, 0.5) is 20.3 Å². The number of nitrogens with one attached hydrogen (secondary N) is 3. The molecule has 1 saturated heterocycles. The average Bonchev–Trinajstić information content (AvgIpc) is 2.86. The summed E-state index contributed by atoms with van der Waals surface area (Å²) in [6.45, 7) is 1.41. The van der Waals surface area contributed by atoms with E-state index in [0.717, 1.165) is 29.7 Å². The highest BCUT2D eigenvalue weighted by Crippen LogP contribution is 2.21. The van der Waals surface area contributed by atoms with Gasteiger partial charge in [0.15, 0.2) is 0 Å². The van der Waals surface area contributed by atoms with Gasteiger partial charge >= 0.3 is 0 Å². The fourth-order valence-corrected chi connectivity index (χ4v) is 4.39. The fraction of sp³-hybridized carbons (Fsp3) is 0.167. The van der Waals surface area contributed by atoms with Crippen molar-refractivity contribution in [2.45, 2.75) is 0 Å². The average molecular weight is 491 g/mol. The van der Waals surface area contributed by atoms with Crippen LogP contribution < -0.4 is 16.1 Å². The second-order valence-electron chi connectivity index (χ2n) is 7.72. The van der Waals surface area contributed by atoms with E-state index in [0.29, 0.717) is 24.1 Å². The molecule has 0 bridgehead atoms. The Morgan fingerprint density at radius 3 is 2.40 bits per heavy atom. The number of rotatable bonds is 5. The number of hydrogen-bond donors (Lipinski definition) is 3. The number of amidine groups is 1. The second kappa shape index (κ2) is 10.7. The van der Waals surface area contributed by atoms with Crippen molar-refractivity contribution in [2.24, 2.45) is 0 Å². The molecule has 2 heterocycles. The quantitative estimate of drug-likeness (QED) is 0.290. The molecule has 4 rings (SSSR count). The van der Waals surface area contributed by atoms with E-state index in [1.807, 2.05) is 4.90 Å². The molecule has 0 saturated carbocycles. The van der Waals surface area contributed by atoms with Gasteiger partial charge in [-0.15, -0.1) is 0 Å². The van der Waals surface area contributed by atoms with Crippen LogP contribution in [0.1, 0.15) is 26.3 Å². The van der Waals surface area contributed by atoms with Crippen LogP contribution in [0.5, 0.6) is 0 Å². The van der Waals surface area contributed by atoms with Crippen molar-refractivity contribution in [1.29, 1.82) is 5.41 Å². The minimum Gasteiger partial charge on any atom is -0.355 e. The number of pyridine rings is 1. The number of carbonyl (C=O) groups excluding carboxylic acids is 2. The molecule has 35 heavy (non-hydrogen) atoms. The first-order chi connectivity index (χ1) is 16.8. The van der Waals surface area contributed by atoms with Gasteiger partial charge in [-0.3, -0.25) is 15.0 Å². The van der Waals surface area contributed by atoms with Crippen LogP contribution in [0.3, 0.4) is 0 Å². The lowest BCUT2D eigenvalue weighted by Gasteiger charge is -2.28. The Kier molecular flexibility index (Phi) is 7.45. The molecular weight excluding hydrogens is 471 g/mol. The van der Waals surface area contributed by atoms with Crippen molar-refractivity contribution in [1.82, 2.24) is 9.88 Å². The van der Waals surface area contributed by atoms with Gasteiger partial charge in [-0.2, -0.15) is 11.8 Å². The maximum Gasteiger partial charge on any atom is 0.259 e. The molecule has 1 aliphatic rings. The van der Waals surface area contributed by atoms with E-state index >= 15 is 0 Å². The van der Waals surface area contributed by atoms with Crippen LogP contribution >= 0.6 is 11.8 Å². The third kappa shape index (κ3) is 5.86. The van der Waals surface area contributed by atoms with Crippen molar-refractivity contribution in [3.63, 3.8) is 0 Å². The zero-order chi connectivity index (χ0) is 24.9. The highest BCUT2D eigenvalue weighted by Gasteiger charge is 2.20. The van der Waals surface area contributed by atoms with Gasteiger partial charge in [-0.25, -0.2) is 13.8 Å². The monoisotopic (exact) mass is 491 g/mol. The van der Waals surface area contributed by atoms with Crippen LogP contribution in [0, 0.1) is 17.0 Å². The molecule has 1 aromatic heterocycles. The van der Waals surface area contributed by atoms with Gasteiger partial charge in [0.2, 0.25) is 0 Å². The summed E-state index contributed by atoms with van der Waals surface area (Å²) in [5.74, 6) is -0.867. The topological polar surface area (TPSA) is 98.2 Å². The molecule has 0 unspecified atom stereocenters. The summed E-state index contributed by atoms with van der Waals surface area (Å²) in [6, 6.07) is 10.2. The van der Waals surface area contributed by atoms with Gasteiger partial charge in [-0.05, 0) is 36.4 Å². The first kappa shape index (κ1) is 24.4. The zero-order valence-electron chi connectivity index (χ0n) is 18.5. The van der Waals surface area contributed by atoms with Crippen molar-refractivity contribution in [2.75, 3.05) is 35.2 Å². The molecule has 2 amide bonds. The van der Waals surface area contributed by atoms with Crippen LogP contribution in [0.25, 0.3) is 0 Å². The van der Waals surface area contributed by atoms with E-state index in [4.69, 9.17) is 13.3 Å². The molecule has 1 fully saturated rings. The summed E-state index contributed by atoms with van der Waals surface area (Å²) in [4.78, 5) is 31.4. The number of thioether (sulfide) groups is 1. The Morgan fingerprint density at radius 2 is 1.71 bits per heavy atom. The smallest absolute Gasteiger partial charge is 0.259 e. The Bertz CT molecular complexity index is 1280. The molecule has 1 aliphatic heterocycles. The Balaban J connectivity index is 1.52. The third-order valence-corrected chi connectivity index (χ3v) is 6.26. The highest BCUT2D eigenvalue weighted by molar-refractivity contribution is 7.99. The number of carbonyl (C=O) groups is 2. The molecule has 0 aliphatic carbocycles. The van der Waals surface area contributed by atoms with Crippen LogP contribution in [-0.2, 0) is 0 Å². The standard InChI is InChI=1S/C24H20BF2N5O2S/c25-15-2-6-21(29-13-15)31-24(34)18-12-16(26)3-5-20(18)30-23(33)17-4-1-14(11-19(17)27)22(28)32-7-9-35-10-8-32/h1-6,11-13,28H,7-10H2,(H,30,33)(H,29,31,34). The molecule has 3 aromatic rings. The summed E-state index contributed by atoms with van der Waals surface area (Å²) >= 11 is 1.80. The summed E-state index contributed by atoms with van der Waals surface area (Å²) in [5, 5.41) is 13.3. The van der Waals surface area contributed by atoms with Crippen molar-refractivity contribution < 1.29 is 18.4 Å². The van der Waals surface area contributed by atoms with Gasteiger partial charge in [0, 0.05) is 36.4 Å². The molecular formula is C24H20BF2N5O2S. The lowest BCUT2D eigenvalue weighted by molar-refractivity contribution is 0.102.